The number of nitrogens with zero attached hydrogens (tertiary/aromatic N) is 5. The molecule has 0 aliphatic carbocycles. The first kappa shape index (κ1) is 15.3. The summed E-state index contributed by atoms with van der Waals surface area (Å²) in [6, 6.07) is 3.87. The van der Waals surface area contributed by atoms with Crippen LogP contribution in [0.25, 0.3) is 0 Å². The third-order valence-electron chi connectivity index (χ3n) is 4.89. The van der Waals surface area contributed by atoms with Crippen molar-refractivity contribution in [2.45, 2.75) is 32.4 Å². The molecule has 2 aromatic rings. The van der Waals surface area contributed by atoms with Gasteiger partial charge in [-0.1, -0.05) is 0 Å². The van der Waals surface area contributed by atoms with Gasteiger partial charge in [0.25, 0.3) is 0 Å². The van der Waals surface area contributed by atoms with E-state index in [4.69, 9.17) is 4.98 Å². The summed E-state index contributed by atoms with van der Waals surface area (Å²) in [5.41, 5.74) is 1.67. The van der Waals surface area contributed by atoms with Gasteiger partial charge in [-0.3, -0.25) is 4.98 Å². The van der Waals surface area contributed by atoms with E-state index in [1.807, 2.05) is 25.3 Å². The summed E-state index contributed by atoms with van der Waals surface area (Å²) in [4.78, 5) is 15.4. The van der Waals surface area contributed by atoms with Gasteiger partial charge in [-0.25, -0.2) is 4.98 Å². The molecule has 0 bridgehead atoms. The van der Waals surface area contributed by atoms with Gasteiger partial charge in [-0.2, -0.15) is 4.98 Å². The fourth-order valence-electron chi connectivity index (χ4n) is 3.80. The summed E-state index contributed by atoms with van der Waals surface area (Å²) in [7, 11) is 0. The molecule has 0 amide bonds. The van der Waals surface area contributed by atoms with Crippen molar-refractivity contribution in [3.63, 3.8) is 0 Å². The van der Waals surface area contributed by atoms with Crippen LogP contribution in [0.1, 0.15) is 25.3 Å². The van der Waals surface area contributed by atoms with E-state index in [0.717, 1.165) is 43.0 Å². The Bertz CT molecular complexity index is 724. The first-order valence-electron chi connectivity index (χ1n) is 8.55. The van der Waals surface area contributed by atoms with Crippen molar-refractivity contribution in [3.05, 3.63) is 41.5 Å². The van der Waals surface area contributed by atoms with E-state index in [9.17, 15) is 5.21 Å². The number of hydrogen-bond acceptors (Lipinski definition) is 6. The fraction of sp³-hybridized carbons (Fsp3) is 0.471. The van der Waals surface area contributed by atoms with Gasteiger partial charge in [0, 0.05) is 43.8 Å². The van der Waals surface area contributed by atoms with Crippen molar-refractivity contribution in [1.29, 1.82) is 0 Å². The number of fused-ring (bicyclic) bond motifs is 3. The first-order valence-corrected chi connectivity index (χ1v) is 8.55. The van der Waals surface area contributed by atoms with E-state index in [1.54, 1.807) is 12.4 Å². The van der Waals surface area contributed by atoms with Gasteiger partial charge in [-0.15, -0.1) is 0 Å². The third kappa shape index (κ3) is 2.59. The van der Waals surface area contributed by atoms with E-state index < -0.39 is 0 Å². The summed E-state index contributed by atoms with van der Waals surface area (Å²) in [6.45, 7) is 4.66. The maximum Gasteiger partial charge on any atom is 0.224 e. The minimum Gasteiger partial charge on any atom is -0.627 e. The highest BCUT2D eigenvalue weighted by molar-refractivity contribution is 5.56. The SMILES string of the molecule is CCNc1ncc2c(n1)N1CCC[C@H]1C[N+]([O-])(c1ccncc1)C2. The molecule has 0 radical (unpaired) electrons. The van der Waals surface area contributed by atoms with Crippen LogP contribution in [0.2, 0.25) is 0 Å². The molecule has 4 rings (SSSR count). The average molecular weight is 326 g/mol. The number of anilines is 2. The molecule has 1 N–H and O–H groups in total. The summed E-state index contributed by atoms with van der Waals surface area (Å²) >= 11 is 0. The molecular weight excluding hydrogens is 304 g/mol. The summed E-state index contributed by atoms with van der Waals surface area (Å²) < 4.78 is -0.374. The molecule has 2 atom stereocenters. The Morgan fingerprint density at radius 3 is 3.00 bits per heavy atom. The average Bonchev–Trinajstić information content (AvgIpc) is 3.00. The van der Waals surface area contributed by atoms with Crippen LogP contribution in [-0.4, -0.2) is 40.6 Å². The van der Waals surface area contributed by atoms with E-state index in [2.05, 4.69) is 20.2 Å². The Morgan fingerprint density at radius 1 is 1.38 bits per heavy atom. The maximum atomic E-state index is 13.7. The Kier molecular flexibility index (Phi) is 3.82. The summed E-state index contributed by atoms with van der Waals surface area (Å²) in [6.07, 6.45) is 7.33. The molecule has 7 nitrogen and oxygen atoms in total. The molecule has 2 aliphatic heterocycles. The Balaban J connectivity index is 1.78. The molecule has 2 aliphatic rings. The highest BCUT2D eigenvalue weighted by Crippen LogP contribution is 2.37. The molecule has 2 aromatic heterocycles. The van der Waals surface area contributed by atoms with Crippen molar-refractivity contribution in [2.24, 2.45) is 0 Å². The zero-order valence-electron chi connectivity index (χ0n) is 13.9. The standard InChI is InChI=1S/C17H22N6O/c1-2-19-17-20-10-13-11-23(24,15-5-7-18-8-6-15)12-14-4-3-9-22(14)16(13)21-17/h5-8,10,14H,2-4,9,11-12H2,1H3,(H,19,20,21)/t14-,23?/m0/s1. The second-order valence-corrected chi connectivity index (χ2v) is 6.50. The molecule has 4 heterocycles. The van der Waals surface area contributed by atoms with Crippen LogP contribution in [0.15, 0.2) is 30.7 Å². The van der Waals surface area contributed by atoms with Gasteiger partial charge in [0.1, 0.15) is 24.6 Å². The quantitative estimate of drug-likeness (QED) is 0.689. The predicted octanol–water partition coefficient (Wildman–Crippen LogP) is 2.29. The van der Waals surface area contributed by atoms with Crippen LogP contribution < -0.4 is 14.9 Å². The minimum atomic E-state index is -0.374. The molecule has 1 saturated heterocycles. The van der Waals surface area contributed by atoms with Crippen molar-refractivity contribution in [2.75, 3.05) is 29.9 Å². The molecular formula is C17H22N6O. The van der Waals surface area contributed by atoms with Crippen LogP contribution >= 0.6 is 0 Å². The molecule has 0 spiro atoms. The van der Waals surface area contributed by atoms with Crippen molar-refractivity contribution in [1.82, 2.24) is 19.6 Å². The van der Waals surface area contributed by atoms with Crippen LogP contribution in [-0.2, 0) is 6.54 Å². The molecule has 126 valence electrons. The van der Waals surface area contributed by atoms with Crippen molar-refractivity contribution < 1.29 is 0 Å². The van der Waals surface area contributed by atoms with E-state index >= 15 is 0 Å². The minimum absolute atomic E-state index is 0.223. The number of aromatic nitrogens is 3. The number of hydrogen-bond donors (Lipinski definition) is 1. The molecule has 1 fully saturated rings. The van der Waals surface area contributed by atoms with E-state index in [0.29, 0.717) is 19.0 Å². The van der Waals surface area contributed by atoms with Crippen molar-refractivity contribution >= 4 is 17.5 Å². The fourth-order valence-corrected chi connectivity index (χ4v) is 3.80. The van der Waals surface area contributed by atoms with Gasteiger partial charge in [0.2, 0.25) is 5.95 Å². The van der Waals surface area contributed by atoms with Gasteiger partial charge in [0.05, 0.1) is 11.6 Å². The second kappa shape index (κ2) is 5.99. The lowest BCUT2D eigenvalue weighted by atomic mass is 10.2. The molecule has 0 aromatic carbocycles. The van der Waals surface area contributed by atoms with Crippen LogP contribution in [0.4, 0.5) is 17.5 Å². The number of nitrogens with one attached hydrogen (secondary N) is 1. The molecule has 0 saturated carbocycles. The van der Waals surface area contributed by atoms with Crippen LogP contribution in [0.5, 0.6) is 0 Å². The lowest BCUT2D eigenvalue weighted by molar-refractivity contribution is 0.345. The second-order valence-electron chi connectivity index (χ2n) is 6.50. The summed E-state index contributed by atoms with van der Waals surface area (Å²) in [5.74, 6) is 1.56. The lowest BCUT2D eigenvalue weighted by Crippen LogP contribution is -2.48. The van der Waals surface area contributed by atoms with E-state index in [1.165, 1.54) is 0 Å². The zero-order chi connectivity index (χ0) is 16.6. The molecule has 24 heavy (non-hydrogen) atoms. The normalized spacial score (nSPS) is 25.8. The van der Waals surface area contributed by atoms with Crippen LogP contribution in [0.3, 0.4) is 0 Å². The lowest BCUT2D eigenvalue weighted by Gasteiger charge is -2.42. The van der Waals surface area contributed by atoms with E-state index in [-0.39, 0.29) is 10.7 Å². The Morgan fingerprint density at radius 2 is 2.21 bits per heavy atom. The number of quaternary nitrogens is 1. The number of pyridine rings is 1. The monoisotopic (exact) mass is 326 g/mol. The van der Waals surface area contributed by atoms with Crippen molar-refractivity contribution in [3.8, 4) is 0 Å². The summed E-state index contributed by atoms with van der Waals surface area (Å²) in [5, 5.41) is 16.8. The molecule has 1 unspecified atom stereocenters. The number of rotatable bonds is 3. The highest BCUT2D eigenvalue weighted by Gasteiger charge is 2.38. The maximum absolute atomic E-state index is 13.7. The topological polar surface area (TPSA) is 77.0 Å². The van der Waals surface area contributed by atoms with Crippen LogP contribution in [0, 0.1) is 5.21 Å². The molecule has 7 heteroatoms. The van der Waals surface area contributed by atoms with Gasteiger partial charge in [-0.05, 0) is 19.8 Å². The third-order valence-corrected chi connectivity index (χ3v) is 4.89. The number of hydroxylamine groups is 2. The zero-order valence-corrected chi connectivity index (χ0v) is 13.9. The smallest absolute Gasteiger partial charge is 0.224 e. The Hall–Kier alpha value is -2.25. The highest BCUT2D eigenvalue weighted by atomic mass is 16.5. The Labute approximate surface area is 141 Å². The first-order chi connectivity index (χ1) is 11.7. The van der Waals surface area contributed by atoms with Gasteiger partial charge in [0.15, 0.2) is 0 Å². The van der Waals surface area contributed by atoms with Gasteiger partial charge >= 0.3 is 0 Å². The predicted molar refractivity (Wildman–Crippen MR) is 94.5 cm³/mol. The largest absolute Gasteiger partial charge is 0.627 e. The van der Waals surface area contributed by atoms with Gasteiger partial charge < -0.3 is 20.1 Å².